The first kappa shape index (κ1) is 12.7. The predicted molar refractivity (Wildman–Crippen MR) is 81.3 cm³/mol. The Kier molecular flexibility index (Phi) is 3.33. The summed E-state index contributed by atoms with van der Waals surface area (Å²) in [6, 6.07) is 6.21. The van der Waals surface area contributed by atoms with Crippen LogP contribution in [0.25, 0.3) is 10.9 Å². The van der Waals surface area contributed by atoms with E-state index in [1.807, 2.05) is 19.1 Å². The average molecular weight is 276 g/mol. The van der Waals surface area contributed by atoms with Crippen molar-refractivity contribution in [3.8, 4) is 0 Å². The number of fused-ring (bicyclic) bond motifs is 1. The number of piperazine rings is 1. The van der Waals surface area contributed by atoms with E-state index in [1.165, 1.54) is 10.9 Å². The third-order valence-corrected chi connectivity index (χ3v) is 4.16. The molecule has 0 spiro atoms. The van der Waals surface area contributed by atoms with Gasteiger partial charge in [-0.25, -0.2) is 4.98 Å². The lowest BCUT2D eigenvalue weighted by Gasteiger charge is -2.30. The van der Waals surface area contributed by atoms with Gasteiger partial charge in [0.05, 0.1) is 5.52 Å². The van der Waals surface area contributed by atoms with Crippen LogP contribution in [0.2, 0.25) is 5.02 Å². The predicted octanol–water partition coefficient (Wildman–Crippen LogP) is 2.91. The first-order valence-electron chi connectivity index (χ1n) is 6.69. The lowest BCUT2D eigenvalue weighted by atomic mass is 10.1. The van der Waals surface area contributed by atoms with E-state index in [0.717, 1.165) is 48.1 Å². The van der Waals surface area contributed by atoms with Gasteiger partial charge in [-0.1, -0.05) is 17.7 Å². The Hall–Kier alpha value is -1.32. The summed E-state index contributed by atoms with van der Waals surface area (Å²) < 4.78 is 0. The van der Waals surface area contributed by atoms with Gasteiger partial charge in [0.25, 0.3) is 0 Å². The third kappa shape index (κ3) is 2.28. The standard InChI is InChI=1S/C15H18ClN3/c1-10-9-12-3-4-13(16)11(2)14(12)18-15(10)19-7-5-17-6-8-19/h3-4,9,17H,5-8H2,1-2H3. The highest BCUT2D eigenvalue weighted by Crippen LogP contribution is 2.28. The van der Waals surface area contributed by atoms with E-state index in [-0.39, 0.29) is 0 Å². The first-order valence-corrected chi connectivity index (χ1v) is 7.07. The Labute approximate surface area is 118 Å². The number of aryl methyl sites for hydroxylation is 2. The monoisotopic (exact) mass is 275 g/mol. The van der Waals surface area contributed by atoms with Crippen molar-refractivity contribution >= 4 is 28.3 Å². The molecule has 1 N–H and O–H groups in total. The number of benzene rings is 1. The fourth-order valence-corrected chi connectivity index (χ4v) is 2.80. The lowest BCUT2D eigenvalue weighted by Crippen LogP contribution is -2.44. The Morgan fingerprint density at radius 3 is 2.68 bits per heavy atom. The molecule has 19 heavy (non-hydrogen) atoms. The average Bonchev–Trinajstić information content (AvgIpc) is 2.44. The fourth-order valence-electron chi connectivity index (χ4n) is 2.65. The molecule has 2 heterocycles. The summed E-state index contributed by atoms with van der Waals surface area (Å²) in [6.45, 7) is 8.24. The number of halogens is 1. The summed E-state index contributed by atoms with van der Waals surface area (Å²) in [5, 5.41) is 5.32. The van der Waals surface area contributed by atoms with E-state index < -0.39 is 0 Å². The number of hydrogen-bond donors (Lipinski definition) is 1. The topological polar surface area (TPSA) is 28.2 Å². The van der Waals surface area contributed by atoms with Gasteiger partial charge in [-0.05, 0) is 37.1 Å². The van der Waals surface area contributed by atoms with Crippen molar-refractivity contribution in [2.45, 2.75) is 13.8 Å². The number of hydrogen-bond acceptors (Lipinski definition) is 3. The first-order chi connectivity index (χ1) is 9.16. The van der Waals surface area contributed by atoms with E-state index in [2.05, 4.69) is 23.2 Å². The maximum Gasteiger partial charge on any atom is 0.132 e. The Morgan fingerprint density at radius 1 is 1.21 bits per heavy atom. The van der Waals surface area contributed by atoms with E-state index in [4.69, 9.17) is 16.6 Å². The second-order valence-electron chi connectivity index (χ2n) is 5.11. The zero-order valence-electron chi connectivity index (χ0n) is 11.3. The van der Waals surface area contributed by atoms with Crippen molar-refractivity contribution in [1.29, 1.82) is 0 Å². The Balaban J connectivity index is 2.14. The molecule has 3 nitrogen and oxygen atoms in total. The van der Waals surface area contributed by atoms with Crippen LogP contribution in [0.3, 0.4) is 0 Å². The molecule has 0 unspecified atom stereocenters. The molecule has 0 bridgehead atoms. The summed E-state index contributed by atoms with van der Waals surface area (Å²) in [7, 11) is 0. The van der Waals surface area contributed by atoms with E-state index in [1.54, 1.807) is 0 Å². The van der Waals surface area contributed by atoms with Crippen molar-refractivity contribution in [3.05, 3.63) is 34.3 Å². The second kappa shape index (κ2) is 4.99. The zero-order valence-corrected chi connectivity index (χ0v) is 12.1. The molecule has 1 aromatic carbocycles. The summed E-state index contributed by atoms with van der Waals surface area (Å²) in [6.07, 6.45) is 0. The van der Waals surface area contributed by atoms with Crippen LogP contribution >= 0.6 is 11.6 Å². The van der Waals surface area contributed by atoms with Crippen LogP contribution in [0.15, 0.2) is 18.2 Å². The zero-order chi connectivity index (χ0) is 13.4. The van der Waals surface area contributed by atoms with Gasteiger partial charge in [-0.3, -0.25) is 0 Å². The minimum absolute atomic E-state index is 0.787. The molecule has 2 aromatic rings. The molecule has 4 heteroatoms. The normalized spacial score (nSPS) is 16.1. The Morgan fingerprint density at radius 2 is 1.95 bits per heavy atom. The van der Waals surface area contributed by atoms with Crippen LogP contribution in [-0.2, 0) is 0 Å². The molecule has 1 aromatic heterocycles. The van der Waals surface area contributed by atoms with E-state index in [0.29, 0.717) is 0 Å². The third-order valence-electron chi connectivity index (χ3n) is 3.76. The van der Waals surface area contributed by atoms with Crippen molar-refractivity contribution in [1.82, 2.24) is 10.3 Å². The smallest absolute Gasteiger partial charge is 0.132 e. The van der Waals surface area contributed by atoms with Gasteiger partial charge in [-0.2, -0.15) is 0 Å². The molecule has 0 amide bonds. The van der Waals surface area contributed by atoms with Crippen molar-refractivity contribution in [3.63, 3.8) is 0 Å². The molecular weight excluding hydrogens is 258 g/mol. The fraction of sp³-hybridized carbons (Fsp3) is 0.400. The van der Waals surface area contributed by atoms with Crippen LogP contribution in [0.5, 0.6) is 0 Å². The van der Waals surface area contributed by atoms with Gasteiger partial charge in [0.2, 0.25) is 0 Å². The van der Waals surface area contributed by atoms with Crippen LogP contribution in [-0.4, -0.2) is 31.2 Å². The number of nitrogens with one attached hydrogen (secondary N) is 1. The minimum Gasteiger partial charge on any atom is -0.354 e. The van der Waals surface area contributed by atoms with Gasteiger partial charge in [0.1, 0.15) is 5.82 Å². The summed E-state index contributed by atoms with van der Waals surface area (Å²) in [4.78, 5) is 7.23. The van der Waals surface area contributed by atoms with Crippen molar-refractivity contribution in [2.24, 2.45) is 0 Å². The minimum atomic E-state index is 0.787. The van der Waals surface area contributed by atoms with Crippen molar-refractivity contribution < 1.29 is 0 Å². The maximum atomic E-state index is 6.20. The molecule has 0 radical (unpaired) electrons. The van der Waals surface area contributed by atoms with Gasteiger partial charge < -0.3 is 10.2 Å². The van der Waals surface area contributed by atoms with Crippen LogP contribution < -0.4 is 10.2 Å². The van der Waals surface area contributed by atoms with Crippen LogP contribution in [0, 0.1) is 13.8 Å². The molecule has 0 aliphatic carbocycles. The van der Waals surface area contributed by atoms with Crippen LogP contribution in [0.1, 0.15) is 11.1 Å². The van der Waals surface area contributed by atoms with Gasteiger partial charge in [0, 0.05) is 36.6 Å². The number of nitrogens with zero attached hydrogens (tertiary/aromatic N) is 2. The number of anilines is 1. The largest absolute Gasteiger partial charge is 0.354 e. The number of aromatic nitrogens is 1. The summed E-state index contributed by atoms with van der Waals surface area (Å²) >= 11 is 6.20. The quantitative estimate of drug-likeness (QED) is 0.867. The maximum absolute atomic E-state index is 6.20. The number of pyridine rings is 1. The summed E-state index contributed by atoms with van der Waals surface area (Å²) in [5.74, 6) is 1.10. The molecule has 1 aliphatic rings. The molecule has 1 fully saturated rings. The van der Waals surface area contributed by atoms with E-state index in [9.17, 15) is 0 Å². The van der Waals surface area contributed by atoms with Gasteiger partial charge in [-0.15, -0.1) is 0 Å². The SMILES string of the molecule is Cc1cc2ccc(Cl)c(C)c2nc1N1CCNCC1. The highest BCUT2D eigenvalue weighted by atomic mass is 35.5. The number of rotatable bonds is 1. The highest BCUT2D eigenvalue weighted by Gasteiger charge is 2.15. The van der Waals surface area contributed by atoms with Crippen molar-refractivity contribution in [2.75, 3.05) is 31.1 Å². The molecule has 0 atom stereocenters. The molecule has 1 aliphatic heterocycles. The lowest BCUT2D eigenvalue weighted by molar-refractivity contribution is 0.584. The van der Waals surface area contributed by atoms with Gasteiger partial charge >= 0.3 is 0 Å². The molecule has 0 saturated carbocycles. The summed E-state index contributed by atoms with van der Waals surface area (Å²) in [5.41, 5.74) is 3.32. The Bertz CT molecular complexity index is 618. The van der Waals surface area contributed by atoms with E-state index >= 15 is 0 Å². The van der Waals surface area contributed by atoms with Crippen LogP contribution in [0.4, 0.5) is 5.82 Å². The molecular formula is C15H18ClN3. The second-order valence-corrected chi connectivity index (χ2v) is 5.52. The molecule has 100 valence electrons. The van der Waals surface area contributed by atoms with Gasteiger partial charge in [0.15, 0.2) is 0 Å². The highest BCUT2D eigenvalue weighted by molar-refractivity contribution is 6.32. The molecule has 1 saturated heterocycles. The molecule has 3 rings (SSSR count).